The molecule has 0 spiro atoms. The predicted octanol–water partition coefficient (Wildman–Crippen LogP) is 1.58. The van der Waals surface area contributed by atoms with Crippen molar-refractivity contribution in [2.45, 2.75) is 24.8 Å². The molecule has 0 bridgehead atoms. The number of nitrogens with zero attached hydrogens (tertiary/aromatic N) is 1. The molecule has 4 nitrogen and oxygen atoms in total. The lowest BCUT2D eigenvalue weighted by atomic mass is 9.97. The summed E-state index contributed by atoms with van der Waals surface area (Å²) in [6.45, 7) is 0.405. The van der Waals surface area contributed by atoms with Crippen molar-refractivity contribution in [3.05, 3.63) is 34.9 Å². The average molecular weight is 288 g/mol. The maximum atomic E-state index is 12.7. The van der Waals surface area contributed by atoms with Gasteiger partial charge in [-0.2, -0.15) is 18.4 Å². The zero-order valence-corrected chi connectivity index (χ0v) is 10.8. The van der Waals surface area contributed by atoms with Gasteiger partial charge in [0.2, 0.25) is 0 Å². The minimum Gasteiger partial charge on any atom is -0.390 e. The van der Waals surface area contributed by atoms with Crippen molar-refractivity contribution in [3.63, 3.8) is 0 Å². The number of aliphatic hydroxyl groups excluding tert-OH is 2. The molecule has 0 aromatic heterocycles. The Balaban J connectivity index is 3.08. The molecule has 20 heavy (non-hydrogen) atoms. The maximum absolute atomic E-state index is 12.7. The Bertz CT molecular complexity index is 497. The first-order chi connectivity index (χ1) is 9.29. The third-order valence-electron chi connectivity index (χ3n) is 2.81. The van der Waals surface area contributed by atoms with E-state index in [1.54, 1.807) is 13.1 Å². The van der Waals surface area contributed by atoms with Gasteiger partial charge in [-0.05, 0) is 43.8 Å². The molecule has 2 atom stereocenters. The van der Waals surface area contributed by atoms with Crippen LogP contribution in [0.15, 0.2) is 18.2 Å². The van der Waals surface area contributed by atoms with Gasteiger partial charge >= 0.3 is 6.18 Å². The number of nitriles is 1. The van der Waals surface area contributed by atoms with E-state index in [2.05, 4.69) is 5.32 Å². The van der Waals surface area contributed by atoms with Crippen molar-refractivity contribution in [2.24, 2.45) is 0 Å². The Hall–Kier alpha value is -1.62. The van der Waals surface area contributed by atoms with Crippen molar-refractivity contribution in [1.82, 2.24) is 5.32 Å². The van der Waals surface area contributed by atoms with Crippen molar-refractivity contribution in [1.29, 1.82) is 5.26 Å². The van der Waals surface area contributed by atoms with Crippen molar-refractivity contribution in [3.8, 4) is 6.07 Å². The molecule has 0 amide bonds. The van der Waals surface area contributed by atoms with Gasteiger partial charge in [-0.3, -0.25) is 0 Å². The van der Waals surface area contributed by atoms with E-state index < -0.39 is 23.9 Å². The molecule has 1 aromatic rings. The highest BCUT2D eigenvalue weighted by molar-refractivity contribution is 5.39. The van der Waals surface area contributed by atoms with E-state index >= 15 is 0 Å². The van der Waals surface area contributed by atoms with Crippen LogP contribution in [0.1, 0.15) is 29.2 Å². The van der Waals surface area contributed by atoms with E-state index in [0.29, 0.717) is 12.6 Å². The van der Waals surface area contributed by atoms with E-state index in [0.717, 1.165) is 12.1 Å². The first-order valence-electron chi connectivity index (χ1n) is 5.92. The second-order valence-electron chi connectivity index (χ2n) is 4.36. The lowest BCUT2D eigenvalue weighted by Gasteiger charge is -2.19. The summed E-state index contributed by atoms with van der Waals surface area (Å²) >= 11 is 0. The van der Waals surface area contributed by atoms with Crippen LogP contribution in [-0.2, 0) is 6.18 Å². The van der Waals surface area contributed by atoms with E-state index in [9.17, 15) is 23.4 Å². The fourth-order valence-electron chi connectivity index (χ4n) is 1.72. The molecule has 0 aliphatic carbocycles. The van der Waals surface area contributed by atoms with Crippen LogP contribution >= 0.6 is 0 Å². The molecular formula is C13H15F3N2O2. The standard InChI is InChI=1S/C13H15F3N2O2/c1-18-3-2-11(19)12(20)9-4-8(7-17)5-10(6-9)13(14,15)16/h4-6,11-12,18-20H,2-3H2,1H3. The van der Waals surface area contributed by atoms with Crippen LogP contribution in [0, 0.1) is 11.3 Å². The number of halogens is 3. The van der Waals surface area contributed by atoms with Gasteiger partial charge in [0.05, 0.1) is 23.3 Å². The summed E-state index contributed by atoms with van der Waals surface area (Å²) in [5, 5.41) is 31.1. The van der Waals surface area contributed by atoms with Crippen LogP contribution in [0.25, 0.3) is 0 Å². The van der Waals surface area contributed by atoms with Gasteiger partial charge in [0.25, 0.3) is 0 Å². The van der Waals surface area contributed by atoms with Gasteiger partial charge in [0.15, 0.2) is 0 Å². The van der Waals surface area contributed by atoms with Crippen LogP contribution in [0.2, 0.25) is 0 Å². The normalized spacial score (nSPS) is 14.7. The van der Waals surface area contributed by atoms with E-state index in [4.69, 9.17) is 5.26 Å². The van der Waals surface area contributed by atoms with Gasteiger partial charge in [-0.15, -0.1) is 0 Å². The van der Waals surface area contributed by atoms with Gasteiger partial charge in [-0.25, -0.2) is 0 Å². The van der Waals surface area contributed by atoms with Crippen molar-refractivity contribution in [2.75, 3.05) is 13.6 Å². The van der Waals surface area contributed by atoms with E-state index in [-0.39, 0.29) is 17.5 Å². The van der Waals surface area contributed by atoms with Gasteiger partial charge in [0.1, 0.15) is 6.10 Å². The second kappa shape index (κ2) is 6.70. The first-order valence-corrected chi connectivity index (χ1v) is 5.92. The summed E-state index contributed by atoms with van der Waals surface area (Å²) in [5.41, 5.74) is -1.36. The molecular weight excluding hydrogens is 273 g/mol. The SMILES string of the molecule is CNCCC(O)C(O)c1cc(C#N)cc(C(F)(F)F)c1. The molecule has 0 aliphatic heterocycles. The Morgan fingerprint density at radius 3 is 2.45 bits per heavy atom. The Kier molecular flexibility index (Phi) is 5.51. The van der Waals surface area contributed by atoms with Gasteiger partial charge in [0, 0.05) is 0 Å². The summed E-state index contributed by atoms with van der Waals surface area (Å²) in [7, 11) is 1.65. The minimum atomic E-state index is -4.61. The number of hydrogen-bond donors (Lipinski definition) is 3. The molecule has 0 fully saturated rings. The van der Waals surface area contributed by atoms with E-state index in [1.165, 1.54) is 0 Å². The fourth-order valence-corrected chi connectivity index (χ4v) is 1.72. The maximum Gasteiger partial charge on any atom is 0.416 e. The zero-order chi connectivity index (χ0) is 15.3. The summed E-state index contributed by atoms with van der Waals surface area (Å²) in [5.74, 6) is 0. The smallest absolute Gasteiger partial charge is 0.390 e. The largest absolute Gasteiger partial charge is 0.416 e. The van der Waals surface area contributed by atoms with Crippen LogP contribution in [0.5, 0.6) is 0 Å². The quantitative estimate of drug-likeness (QED) is 0.769. The topological polar surface area (TPSA) is 76.3 Å². The second-order valence-corrected chi connectivity index (χ2v) is 4.36. The predicted molar refractivity (Wildman–Crippen MR) is 65.7 cm³/mol. The number of aliphatic hydroxyl groups is 2. The molecule has 1 aromatic carbocycles. The number of benzene rings is 1. The summed E-state index contributed by atoms with van der Waals surface area (Å²) < 4.78 is 38.1. The first kappa shape index (κ1) is 16.4. The Morgan fingerprint density at radius 1 is 1.30 bits per heavy atom. The van der Waals surface area contributed by atoms with Crippen LogP contribution in [0.3, 0.4) is 0 Å². The summed E-state index contributed by atoms with van der Waals surface area (Å²) in [4.78, 5) is 0. The fraction of sp³-hybridized carbons (Fsp3) is 0.462. The number of alkyl halides is 3. The molecule has 2 unspecified atom stereocenters. The zero-order valence-electron chi connectivity index (χ0n) is 10.8. The monoisotopic (exact) mass is 288 g/mol. The summed E-state index contributed by atoms with van der Waals surface area (Å²) in [6.07, 6.45) is -7.12. The molecule has 110 valence electrons. The minimum absolute atomic E-state index is 0.125. The molecule has 1 rings (SSSR count). The van der Waals surface area contributed by atoms with Gasteiger partial charge in [-0.1, -0.05) is 0 Å². The average Bonchev–Trinajstić information content (AvgIpc) is 2.42. The highest BCUT2D eigenvalue weighted by Crippen LogP contribution is 2.32. The molecule has 3 N–H and O–H groups in total. The van der Waals surface area contributed by atoms with Crippen LogP contribution in [-0.4, -0.2) is 29.9 Å². The lowest BCUT2D eigenvalue weighted by molar-refractivity contribution is -0.137. The summed E-state index contributed by atoms with van der Waals surface area (Å²) in [6, 6.07) is 4.20. The van der Waals surface area contributed by atoms with Crippen molar-refractivity contribution >= 4 is 0 Å². The molecule has 0 heterocycles. The number of rotatable bonds is 5. The van der Waals surface area contributed by atoms with Crippen molar-refractivity contribution < 1.29 is 23.4 Å². The number of hydrogen-bond acceptors (Lipinski definition) is 4. The molecule has 0 aliphatic rings. The Morgan fingerprint density at radius 2 is 1.95 bits per heavy atom. The highest BCUT2D eigenvalue weighted by Gasteiger charge is 2.32. The third-order valence-corrected chi connectivity index (χ3v) is 2.81. The number of nitrogens with one attached hydrogen (secondary N) is 1. The highest BCUT2D eigenvalue weighted by atomic mass is 19.4. The molecule has 0 saturated carbocycles. The van der Waals surface area contributed by atoms with Gasteiger partial charge < -0.3 is 15.5 Å². The third kappa shape index (κ3) is 4.20. The van der Waals surface area contributed by atoms with Crippen LogP contribution in [0.4, 0.5) is 13.2 Å². The molecule has 0 saturated heterocycles. The molecule has 7 heteroatoms. The lowest BCUT2D eigenvalue weighted by Crippen LogP contribution is -2.23. The van der Waals surface area contributed by atoms with Crippen LogP contribution < -0.4 is 5.32 Å². The van der Waals surface area contributed by atoms with E-state index in [1.807, 2.05) is 0 Å². The Labute approximate surface area is 114 Å². The molecule has 0 radical (unpaired) electrons.